The summed E-state index contributed by atoms with van der Waals surface area (Å²) in [5, 5.41) is 0. The molecule has 4 nitrogen and oxygen atoms in total. The summed E-state index contributed by atoms with van der Waals surface area (Å²) in [6.07, 6.45) is -9.34. The number of hydrogen-bond donors (Lipinski definition) is 1. The highest BCUT2D eigenvalue weighted by molar-refractivity contribution is 7.47. The number of hydrogen-bond acceptors (Lipinski definition) is 3. The van der Waals surface area contributed by atoms with Gasteiger partial charge in [-0.2, -0.15) is 22.0 Å². The van der Waals surface area contributed by atoms with E-state index in [4.69, 9.17) is 4.89 Å². The van der Waals surface area contributed by atoms with Gasteiger partial charge in [0.15, 0.2) is 0 Å². The predicted molar refractivity (Wildman–Crippen MR) is 40.9 cm³/mol. The van der Waals surface area contributed by atoms with E-state index in [9.17, 15) is 26.5 Å². The maximum absolute atomic E-state index is 12.5. The maximum atomic E-state index is 12.5. The zero-order valence-corrected chi connectivity index (χ0v) is 8.60. The molecule has 2 atom stereocenters. The van der Waals surface area contributed by atoms with Gasteiger partial charge in [-0.25, -0.2) is 4.57 Å². The Morgan fingerprint density at radius 1 is 1.31 bits per heavy atom. The summed E-state index contributed by atoms with van der Waals surface area (Å²) in [5.41, 5.74) is 0. The summed E-state index contributed by atoms with van der Waals surface area (Å²) in [5.74, 6) is -4.95. The molecule has 2 unspecified atom stereocenters. The van der Waals surface area contributed by atoms with Gasteiger partial charge in [-0.1, -0.05) is 0 Å². The average molecular weight is 270 g/mol. The predicted octanol–water partition coefficient (Wildman–Crippen LogP) is 2.48. The second-order valence-electron chi connectivity index (χ2n) is 3.22. The maximum Gasteiger partial charge on any atom is 0.472 e. The lowest BCUT2D eigenvalue weighted by Gasteiger charge is -2.29. The van der Waals surface area contributed by atoms with Crippen molar-refractivity contribution in [2.75, 3.05) is 6.61 Å². The van der Waals surface area contributed by atoms with E-state index in [1.165, 1.54) is 0 Å². The van der Waals surface area contributed by atoms with Crippen LogP contribution in [0.5, 0.6) is 0 Å². The molecule has 1 rings (SSSR count). The lowest BCUT2D eigenvalue weighted by Crippen LogP contribution is -2.40. The first-order chi connectivity index (χ1) is 7.04. The Bertz CT molecular complexity index is 304. The van der Waals surface area contributed by atoms with Gasteiger partial charge in [0.25, 0.3) is 0 Å². The fourth-order valence-electron chi connectivity index (χ4n) is 1.11. The van der Waals surface area contributed by atoms with Crippen LogP contribution < -0.4 is 0 Å². The first-order valence-corrected chi connectivity index (χ1v) is 5.63. The summed E-state index contributed by atoms with van der Waals surface area (Å²) in [6, 6.07) is 0. The third kappa shape index (κ3) is 3.38. The standard InChI is InChI=1S/C6H8F5O4P/c7-5(8,6(9,10)11)3-4-1-2-14-16(12,13)15-4/h4H,1-3H2,(H,12,13). The van der Waals surface area contributed by atoms with Crippen molar-refractivity contribution in [3.63, 3.8) is 0 Å². The van der Waals surface area contributed by atoms with E-state index < -0.39 is 39.1 Å². The molecule has 1 aliphatic heterocycles. The van der Waals surface area contributed by atoms with E-state index in [1.54, 1.807) is 0 Å². The highest BCUT2D eigenvalue weighted by atomic mass is 31.2. The second kappa shape index (κ2) is 4.21. The summed E-state index contributed by atoms with van der Waals surface area (Å²) in [6.45, 7) is -0.396. The van der Waals surface area contributed by atoms with Crippen molar-refractivity contribution in [2.24, 2.45) is 0 Å². The molecule has 0 aromatic carbocycles. The summed E-state index contributed by atoms with van der Waals surface area (Å²) in [7, 11) is -4.48. The zero-order valence-electron chi connectivity index (χ0n) is 7.71. The smallest absolute Gasteiger partial charge is 0.302 e. The normalized spacial score (nSPS) is 32.8. The third-order valence-corrected chi connectivity index (χ3v) is 2.95. The van der Waals surface area contributed by atoms with Crippen molar-refractivity contribution in [1.82, 2.24) is 0 Å². The molecule has 0 saturated carbocycles. The van der Waals surface area contributed by atoms with Crippen molar-refractivity contribution in [2.45, 2.75) is 31.0 Å². The number of phosphoric acid groups is 1. The first-order valence-electron chi connectivity index (χ1n) is 4.14. The summed E-state index contributed by atoms with van der Waals surface area (Å²) >= 11 is 0. The van der Waals surface area contributed by atoms with Gasteiger partial charge >= 0.3 is 19.9 Å². The summed E-state index contributed by atoms with van der Waals surface area (Å²) in [4.78, 5) is 8.73. The van der Waals surface area contributed by atoms with Crippen molar-refractivity contribution in [3.8, 4) is 0 Å². The second-order valence-corrected chi connectivity index (χ2v) is 4.63. The van der Waals surface area contributed by atoms with Crippen LogP contribution in [-0.4, -0.2) is 29.7 Å². The molecule has 0 aromatic heterocycles. The Balaban J connectivity index is 2.64. The molecular weight excluding hydrogens is 262 g/mol. The molecule has 1 saturated heterocycles. The van der Waals surface area contributed by atoms with Crippen LogP contribution >= 0.6 is 7.82 Å². The van der Waals surface area contributed by atoms with Crippen LogP contribution in [0.2, 0.25) is 0 Å². The highest BCUT2D eigenvalue weighted by Crippen LogP contribution is 2.51. The average Bonchev–Trinajstić information content (AvgIpc) is 1.98. The molecule has 1 fully saturated rings. The fourth-order valence-corrected chi connectivity index (χ4v) is 2.07. The quantitative estimate of drug-likeness (QED) is 0.618. The van der Waals surface area contributed by atoms with Crippen LogP contribution in [0.1, 0.15) is 12.8 Å². The van der Waals surface area contributed by atoms with Crippen LogP contribution in [0.25, 0.3) is 0 Å². The van der Waals surface area contributed by atoms with Gasteiger partial charge < -0.3 is 4.89 Å². The van der Waals surface area contributed by atoms with Gasteiger partial charge in [-0.3, -0.25) is 9.05 Å². The molecule has 0 radical (unpaired) electrons. The van der Waals surface area contributed by atoms with E-state index in [2.05, 4.69) is 9.05 Å². The Kier molecular flexibility index (Phi) is 3.64. The minimum absolute atomic E-state index is 0.295. The molecule has 1 N–H and O–H groups in total. The van der Waals surface area contributed by atoms with Crippen molar-refractivity contribution in [3.05, 3.63) is 0 Å². The van der Waals surface area contributed by atoms with Crippen LogP contribution in [-0.2, 0) is 13.6 Å². The first kappa shape index (κ1) is 13.8. The van der Waals surface area contributed by atoms with Gasteiger partial charge in [0.1, 0.15) is 0 Å². The van der Waals surface area contributed by atoms with Gasteiger partial charge in [0.2, 0.25) is 0 Å². The molecule has 0 aliphatic carbocycles. The fraction of sp³-hybridized carbons (Fsp3) is 1.00. The van der Waals surface area contributed by atoms with Crippen LogP contribution in [0.4, 0.5) is 22.0 Å². The Labute approximate surface area is 87.0 Å². The Hall–Kier alpha value is -0.240. The number of rotatable bonds is 2. The number of phosphoric ester groups is 1. The molecule has 1 aliphatic rings. The van der Waals surface area contributed by atoms with E-state index in [0.29, 0.717) is 0 Å². The number of alkyl halides is 5. The molecule has 0 aromatic rings. The SMILES string of the molecule is O=P1(O)OCCC(CC(F)(F)C(F)(F)F)O1. The number of halogens is 5. The zero-order chi connectivity index (χ0) is 12.6. The molecule has 16 heavy (non-hydrogen) atoms. The monoisotopic (exact) mass is 270 g/mol. The molecule has 96 valence electrons. The molecule has 0 spiro atoms. The van der Waals surface area contributed by atoms with E-state index in [0.717, 1.165) is 0 Å². The van der Waals surface area contributed by atoms with Crippen molar-refractivity contribution in [1.29, 1.82) is 0 Å². The van der Waals surface area contributed by atoms with Gasteiger partial charge in [0, 0.05) is 6.42 Å². The Morgan fingerprint density at radius 3 is 2.31 bits per heavy atom. The molecule has 0 amide bonds. The van der Waals surface area contributed by atoms with Crippen LogP contribution in [0.15, 0.2) is 0 Å². The lowest BCUT2D eigenvalue weighted by atomic mass is 10.1. The van der Waals surface area contributed by atoms with Crippen molar-refractivity contribution >= 4 is 7.82 Å². The van der Waals surface area contributed by atoms with Gasteiger partial charge in [-0.15, -0.1) is 0 Å². The third-order valence-electron chi connectivity index (χ3n) is 1.88. The van der Waals surface area contributed by atoms with E-state index >= 15 is 0 Å². The highest BCUT2D eigenvalue weighted by Gasteiger charge is 2.58. The lowest BCUT2D eigenvalue weighted by molar-refractivity contribution is -0.290. The van der Waals surface area contributed by atoms with Gasteiger partial charge in [0.05, 0.1) is 12.7 Å². The van der Waals surface area contributed by atoms with Crippen LogP contribution in [0, 0.1) is 0 Å². The Morgan fingerprint density at radius 2 is 1.88 bits per heavy atom. The molecule has 10 heteroatoms. The van der Waals surface area contributed by atoms with E-state index in [-0.39, 0.29) is 6.42 Å². The van der Waals surface area contributed by atoms with Crippen molar-refractivity contribution < 1.29 is 40.5 Å². The van der Waals surface area contributed by atoms with E-state index in [1.807, 2.05) is 0 Å². The van der Waals surface area contributed by atoms with Crippen LogP contribution in [0.3, 0.4) is 0 Å². The minimum atomic E-state index is -5.70. The molecule has 1 heterocycles. The molecular formula is C6H8F5O4P. The topological polar surface area (TPSA) is 55.8 Å². The van der Waals surface area contributed by atoms with Gasteiger partial charge in [-0.05, 0) is 6.42 Å². The molecule has 0 bridgehead atoms. The summed E-state index contributed by atoms with van der Waals surface area (Å²) < 4.78 is 79.6. The minimum Gasteiger partial charge on any atom is -0.302 e. The largest absolute Gasteiger partial charge is 0.472 e.